The summed E-state index contributed by atoms with van der Waals surface area (Å²) in [5.74, 6) is 0.152. The minimum Gasteiger partial charge on any atom is -0.387 e. The summed E-state index contributed by atoms with van der Waals surface area (Å²) in [6.45, 7) is 3.91. The van der Waals surface area contributed by atoms with Gasteiger partial charge in [0.15, 0.2) is 10.8 Å². The topological polar surface area (TPSA) is 105 Å². The molecule has 0 saturated heterocycles. The molecule has 0 aliphatic heterocycles. The van der Waals surface area contributed by atoms with E-state index in [2.05, 4.69) is 25.4 Å². The zero-order valence-corrected chi connectivity index (χ0v) is 16.9. The number of aryl methyl sites for hydroxylation is 1. The fourth-order valence-electron chi connectivity index (χ4n) is 3.40. The average Bonchev–Trinajstić information content (AvgIpc) is 3.31. The van der Waals surface area contributed by atoms with Crippen LogP contribution in [0.1, 0.15) is 43.5 Å². The number of aliphatic hydroxyl groups excluding tert-OH is 1. The number of anilines is 1. The molecule has 1 aliphatic carbocycles. The van der Waals surface area contributed by atoms with Gasteiger partial charge in [-0.3, -0.25) is 9.78 Å². The molecule has 9 heteroatoms. The van der Waals surface area contributed by atoms with E-state index in [0.29, 0.717) is 22.9 Å². The molecule has 1 atom stereocenters. The Kier molecular flexibility index (Phi) is 4.29. The molecule has 8 nitrogen and oxygen atoms in total. The summed E-state index contributed by atoms with van der Waals surface area (Å²) in [5.41, 5.74) is 4.87. The first-order valence-electron chi connectivity index (χ1n) is 9.64. The largest absolute Gasteiger partial charge is 0.387 e. The van der Waals surface area contributed by atoms with Crippen LogP contribution < -0.4 is 5.32 Å². The van der Waals surface area contributed by atoms with Gasteiger partial charge in [-0.2, -0.15) is 5.10 Å². The number of hydrogen-bond donors (Lipinski definition) is 2. The molecule has 4 aromatic rings. The quantitative estimate of drug-likeness (QED) is 0.524. The van der Waals surface area contributed by atoms with Crippen molar-refractivity contribution in [1.82, 2.24) is 24.6 Å². The summed E-state index contributed by atoms with van der Waals surface area (Å²) in [7, 11) is 0. The second kappa shape index (κ2) is 6.85. The number of pyridine rings is 2. The first-order chi connectivity index (χ1) is 14.0. The monoisotopic (exact) mass is 408 g/mol. The Morgan fingerprint density at radius 2 is 2.17 bits per heavy atom. The lowest BCUT2D eigenvalue weighted by atomic mass is 10.0. The molecule has 1 fully saturated rings. The lowest BCUT2D eigenvalue weighted by Gasteiger charge is -2.12. The maximum absolute atomic E-state index is 12.1. The highest BCUT2D eigenvalue weighted by Crippen LogP contribution is 2.35. The second-order valence-corrected chi connectivity index (χ2v) is 8.35. The number of carbonyl (C=O) groups excluding carboxylic acids is 1. The summed E-state index contributed by atoms with van der Waals surface area (Å²) in [5, 5.41) is 17.9. The van der Waals surface area contributed by atoms with Crippen LogP contribution in [0.25, 0.3) is 27.1 Å². The highest BCUT2D eigenvalue weighted by Gasteiger charge is 2.30. The SMILES string of the molecule is CC[C@H](O)c1cc(C)c(-c2cc3nc(NC(=O)C4CC4)sc3n3ncnc23)cn1. The van der Waals surface area contributed by atoms with Crippen molar-refractivity contribution in [3.8, 4) is 11.1 Å². The van der Waals surface area contributed by atoms with Gasteiger partial charge in [0, 0.05) is 23.2 Å². The van der Waals surface area contributed by atoms with Crippen molar-refractivity contribution >= 4 is 38.4 Å². The highest BCUT2D eigenvalue weighted by atomic mass is 32.1. The summed E-state index contributed by atoms with van der Waals surface area (Å²) in [6.07, 6.45) is 5.21. The minimum absolute atomic E-state index is 0.0317. The van der Waals surface area contributed by atoms with Gasteiger partial charge in [-0.1, -0.05) is 18.3 Å². The van der Waals surface area contributed by atoms with E-state index in [1.54, 1.807) is 10.7 Å². The Morgan fingerprint density at radius 3 is 2.90 bits per heavy atom. The molecule has 0 unspecified atom stereocenters. The number of nitrogens with zero attached hydrogens (tertiary/aromatic N) is 5. The summed E-state index contributed by atoms with van der Waals surface area (Å²) in [6, 6.07) is 3.87. The Morgan fingerprint density at radius 1 is 1.34 bits per heavy atom. The summed E-state index contributed by atoms with van der Waals surface area (Å²) >= 11 is 1.39. The van der Waals surface area contributed by atoms with E-state index < -0.39 is 6.10 Å². The van der Waals surface area contributed by atoms with Crippen LogP contribution in [-0.4, -0.2) is 35.6 Å². The number of aliphatic hydroxyl groups is 1. The van der Waals surface area contributed by atoms with Crippen LogP contribution in [-0.2, 0) is 4.79 Å². The van der Waals surface area contributed by atoms with Gasteiger partial charge in [0.25, 0.3) is 0 Å². The van der Waals surface area contributed by atoms with Crippen LogP contribution in [0.15, 0.2) is 24.7 Å². The molecule has 1 amide bonds. The highest BCUT2D eigenvalue weighted by molar-refractivity contribution is 7.22. The molecule has 1 saturated carbocycles. The van der Waals surface area contributed by atoms with Gasteiger partial charge in [0.05, 0.1) is 11.8 Å². The van der Waals surface area contributed by atoms with Gasteiger partial charge in [-0.05, 0) is 43.9 Å². The van der Waals surface area contributed by atoms with Crippen molar-refractivity contribution in [2.75, 3.05) is 5.32 Å². The fourth-order valence-corrected chi connectivity index (χ4v) is 4.31. The molecule has 0 spiro atoms. The lowest BCUT2D eigenvalue weighted by molar-refractivity contribution is -0.117. The Balaban J connectivity index is 1.62. The second-order valence-electron chi connectivity index (χ2n) is 7.37. The molecule has 29 heavy (non-hydrogen) atoms. The van der Waals surface area contributed by atoms with E-state index in [9.17, 15) is 9.90 Å². The van der Waals surface area contributed by atoms with E-state index in [1.807, 2.05) is 26.0 Å². The summed E-state index contributed by atoms with van der Waals surface area (Å²) in [4.78, 5) is 26.4. The smallest absolute Gasteiger partial charge is 0.229 e. The van der Waals surface area contributed by atoms with E-state index in [0.717, 1.165) is 39.9 Å². The van der Waals surface area contributed by atoms with E-state index in [-0.39, 0.29) is 11.8 Å². The normalized spacial score (nSPS) is 15.1. The predicted octanol–water partition coefficient (Wildman–Crippen LogP) is 3.50. The van der Waals surface area contributed by atoms with E-state index in [4.69, 9.17) is 0 Å². The molecule has 0 aromatic carbocycles. The van der Waals surface area contributed by atoms with Gasteiger partial charge in [0.1, 0.15) is 16.7 Å². The van der Waals surface area contributed by atoms with Crippen LogP contribution in [0, 0.1) is 12.8 Å². The van der Waals surface area contributed by atoms with Crippen molar-refractivity contribution in [2.24, 2.45) is 5.92 Å². The molecule has 0 radical (unpaired) electrons. The third-order valence-electron chi connectivity index (χ3n) is 5.23. The maximum atomic E-state index is 12.1. The van der Waals surface area contributed by atoms with Crippen LogP contribution in [0.3, 0.4) is 0 Å². The number of nitrogens with one attached hydrogen (secondary N) is 1. The number of aromatic nitrogens is 5. The van der Waals surface area contributed by atoms with Crippen LogP contribution in [0.2, 0.25) is 0 Å². The minimum atomic E-state index is -0.575. The van der Waals surface area contributed by atoms with Crippen molar-refractivity contribution in [2.45, 2.75) is 39.2 Å². The summed E-state index contributed by atoms with van der Waals surface area (Å²) < 4.78 is 1.75. The van der Waals surface area contributed by atoms with Crippen LogP contribution in [0.5, 0.6) is 0 Å². The number of thiazole rings is 1. The van der Waals surface area contributed by atoms with Crippen molar-refractivity contribution in [3.63, 3.8) is 0 Å². The Hall–Kier alpha value is -2.91. The maximum Gasteiger partial charge on any atom is 0.229 e. The molecular weight excluding hydrogens is 388 g/mol. The number of rotatable bonds is 5. The van der Waals surface area contributed by atoms with Crippen molar-refractivity contribution in [3.05, 3.63) is 35.9 Å². The third-order valence-corrected chi connectivity index (χ3v) is 6.19. The Labute approximate surface area is 170 Å². The lowest BCUT2D eigenvalue weighted by Crippen LogP contribution is -2.12. The molecule has 5 rings (SSSR count). The predicted molar refractivity (Wildman–Crippen MR) is 111 cm³/mol. The first-order valence-corrected chi connectivity index (χ1v) is 10.5. The zero-order valence-electron chi connectivity index (χ0n) is 16.1. The number of carbonyl (C=O) groups is 1. The van der Waals surface area contributed by atoms with Gasteiger partial charge >= 0.3 is 0 Å². The molecule has 1 aliphatic rings. The molecular formula is C20H20N6O2S. The number of hydrogen-bond acceptors (Lipinski definition) is 7. The molecule has 0 bridgehead atoms. The van der Waals surface area contributed by atoms with Crippen molar-refractivity contribution < 1.29 is 9.90 Å². The van der Waals surface area contributed by atoms with Gasteiger partial charge in [-0.25, -0.2) is 14.5 Å². The van der Waals surface area contributed by atoms with Crippen LogP contribution in [0.4, 0.5) is 5.13 Å². The standard InChI is InChI=1S/C20H20N6O2S/c1-3-16(27)14-6-10(2)13(8-21-14)12-7-15-19(26-17(12)22-9-23-26)29-20(24-15)25-18(28)11-4-5-11/h6-9,11,16,27H,3-5H2,1-2H3,(H,24,25,28)/t16-/m0/s1. The van der Waals surface area contributed by atoms with Gasteiger partial charge in [-0.15, -0.1) is 0 Å². The number of fused-ring (bicyclic) bond motifs is 3. The fraction of sp³-hybridized carbons (Fsp3) is 0.350. The third kappa shape index (κ3) is 3.16. The van der Waals surface area contributed by atoms with E-state index in [1.165, 1.54) is 17.7 Å². The van der Waals surface area contributed by atoms with Gasteiger partial charge < -0.3 is 10.4 Å². The number of amides is 1. The molecule has 4 heterocycles. The molecule has 4 aromatic heterocycles. The molecule has 2 N–H and O–H groups in total. The van der Waals surface area contributed by atoms with Gasteiger partial charge in [0.2, 0.25) is 5.91 Å². The zero-order chi connectivity index (χ0) is 20.1. The van der Waals surface area contributed by atoms with Crippen LogP contribution >= 0.6 is 11.3 Å². The Bertz CT molecular complexity index is 1240. The van der Waals surface area contributed by atoms with Crippen molar-refractivity contribution in [1.29, 1.82) is 0 Å². The molecule has 148 valence electrons. The first kappa shape index (κ1) is 18.1. The average molecular weight is 408 g/mol. The van der Waals surface area contributed by atoms with E-state index >= 15 is 0 Å².